The van der Waals surface area contributed by atoms with Crippen LogP contribution < -0.4 is 10.6 Å². The summed E-state index contributed by atoms with van der Waals surface area (Å²) in [6.45, 7) is 7.94. The number of nitrogens with one attached hydrogen (secondary N) is 2. The Morgan fingerprint density at radius 3 is 2.59 bits per heavy atom. The van der Waals surface area contributed by atoms with E-state index in [1.807, 2.05) is 25.2 Å². The molecule has 1 aliphatic heterocycles. The maximum absolute atomic E-state index is 5.81. The summed E-state index contributed by atoms with van der Waals surface area (Å²) >= 11 is 0. The number of aliphatic imine (C=N–C) groups is 1. The van der Waals surface area contributed by atoms with Gasteiger partial charge in [-0.05, 0) is 56.8 Å². The molecule has 0 saturated carbocycles. The third-order valence-corrected chi connectivity index (χ3v) is 5.04. The molecule has 0 aromatic heterocycles. The Morgan fingerprint density at radius 2 is 1.93 bits per heavy atom. The second-order valence-corrected chi connectivity index (χ2v) is 7.52. The zero-order chi connectivity index (χ0) is 18.6. The molecule has 2 N–H and O–H groups in total. The molecule has 1 unspecified atom stereocenters. The number of halogens is 1. The summed E-state index contributed by atoms with van der Waals surface area (Å²) in [5.41, 5.74) is 1.22. The summed E-state index contributed by atoms with van der Waals surface area (Å²) < 4.78 is 5.81. The quantitative estimate of drug-likeness (QED) is 0.318. The first kappa shape index (κ1) is 24.2. The fourth-order valence-electron chi connectivity index (χ4n) is 3.25. The van der Waals surface area contributed by atoms with Gasteiger partial charge >= 0.3 is 0 Å². The molecule has 1 heterocycles. The fourth-order valence-corrected chi connectivity index (χ4v) is 3.25. The summed E-state index contributed by atoms with van der Waals surface area (Å²) in [6.07, 6.45) is 3.87. The van der Waals surface area contributed by atoms with Crippen molar-refractivity contribution in [3.63, 3.8) is 0 Å². The van der Waals surface area contributed by atoms with Crippen LogP contribution in [0.15, 0.2) is 35.3 Å². The molecule has 154 valence electrons. The number of guanidine groups is 1. The molecule has 0 bridgehead atoms. The van der Waals surface area contributed by atoms with Crippen LogP contribution in [0.4, 0.5) is 0 Å². The van der Waals surface area contributed by atoms with Crippen molar-refractivity contribution in [1.82, 2.24) is 15.5 Å². The van der Waals surface area contributed by atoms with Crippen molar-refractivity contribution in [1.29, 1.82) is 0 Å². The molecule has 0 aliphatic carbocycles. The van der Waals surface area contributed by atoms with Crippen LogP contribution in [-0.4, -0.2) is 57.7 Å². The van der Waals surface area contributed by atoms with Crippen molar-refractivity contribution < 1.29 is 4.74 Å². The molecule has 5 nitrogen and oxygen atoms in total. The number of hydrogen-bond donors (Lipinski definition) is 2. The maximum Gasteiger partial charge on any atom is 0.190 e. The highest BCUT2D eigenvalue weighted by Crippen LogP contribution is 2.18. The van der Waals surface area contributed by atoms with Crippen molar-refractivity contribution >= 4 is 29.9 Å². The van der Waals surface area contributed by atoms with Gasteiger partial charge in [-0.2, -0.15) is 0 Å². The molecule has 1 saturated heterocycles. The standard InChI is InChI=1S/C21H36N4O.HI/c1-18(16-26-17-20-7-5-4-6-8-20)15-24-21(22-2)23-12-9-19-10-13-25(3)14-11-19;/h4-8,18-19H,9-17H2,1-3H3,(H2,22,23,24);1H. The molecule has 1 aromatic rings. The molecular weight excluding hydrogens is 451 g/mol. The minimum absolute atomic E-state index is 0. The Kier molecular flexibility index (Phi) is 12.7. The van der Waals surface area contributed by atoms with Gasteiger partial charge < -0.3 is 20.3 Å². The van der Waals surface area contributed by atoms with Crippen LogP contribution >= 0.6 is 24.0 Å². The van der Waals surface area contributed by atoms with Crippen molar-refractivity contribution in [3.8, 4) is 0 Å². The van der Waals surface area contributed by atoms with Crippen molar-refractivity contribution in [2.24, 2.45) is 16.8 Å². The van der Waals surface area contributed by atoms with E-state index in [1.165, 1.54) is 37.9 Å². The zero-order valence-electron chi connectivity index (χ0n) is 17.1. The van der Waals surface area contributed by atoms with Crippen LogP contribution in [0.2, 0.25) is 0 Å². The third-order valence-electron chi connectivity index (χ3n) is 5.04. The molecule has 1 fully saturated rings. The second kappa shape index (κ2) is 14.2. The van der Waals surface area contributed by atoms with Crippen LogP contribution in [0.1, 0.15) is 31.7 Å². The summed E-state index contributed by atoms with van der Waals surface area (Å²) in [4.78, 5) is 6.75. The number of benzene rings is 1. The highest BCUT2D eigenvalue weighted by Gasteiger charge is 2.16. The maximum atomic E-state index is 5.81. The van der Waals surface area contributed by atoms with Crippen LogP contribution in [0.3, 0.4) is 0 Å². The van der Waals surface area contributed by atoms with Gasteiger partial charge in [0, 0.05) is 20.1 Å². The van der Waals surface area contributed by atoms with Gasteiger partial charge in [-0.25, -0.2) is 0 Å². The van der Waals surface area contributed by atoms with E-state index in [0.29, 0.717) is 12.5 Å². The van der Waals surface area contributed by atoms with Gasteiger partial charge in [0.05, 0.1) is 13.2 Å². The molecule has 0 radical (unpaired) electrons. The van der Waals surface area contributed by atoms with E-state index in [4.69, 9.17) is 4.74 Å². The van der Waals surface area contributed by atoms with E-state index in [-0.39, 0.29) is 24.0 Å². The van der Waals surface area contributed by atoms with Crippen LogP contribution in [0.25, 0.3) is 0 Å². The Labute approximate surface area is 182 Å². The van der Waals surface area contributed by atoms with Crippen LogP contribution in [-0.2, 0) is 11.3 Å². The molecule has 0 amide bonds. The highest BCUT2D eigenvalue weighted by atomic mass is 127. The van der Waals surface area contributed by atoms with Gasteiger partial charge in [0.15, 0.2) is 5.96 Å². The number of nitrogens with zero attached hydrogens (tertiary/aromatic N) is 2. The van der Waals surface area contributed by atoms with Gasteiger partial charge in [-0.1, -0.05) is 37.3 Å². The minimum atomic E-state index is 0. The molecular formula is C21H37IN4O. The smallest absolute Gasteiger partial charge is 0.190 e. The Morgan fingerprint density at radius 1 is 1.22 bits per heavy atom. The second-order valence-electron chi connectivity index (χ2n) is 7.52. The van der Waals surface area contributed by atoms with Gasteiger partial charge in [0.25, 0.3) is 0 Å². The normalized spacial score (nSPS) is 17.2. The SMILES string of the molecule is CN=C(NCCC1CCN(C)CC1)NCC(C)COCc1ccccc1.I. The lowest BCUT2D eigenvalue weighted by Gasteiger charge is -2.29. The largest absolute Gasteiger partial charge is 0.376 e. The Balaban J connectivity index is 0.00000364. The minimum Gasteiger partial charge on any atom is -0.376 e. The van der Waals surface area contributed by atoms with Crippen LogP contribution in [0.5, 0.6) is 0 Å². The van der Waals surface area contributed by atoms with E-state index in [1.54, 1.807) is 0 Å². The first-order valence-electron chi connectivity index (χ1n) is 9.92. The van der Waals surface area contributed by atoms with E-state index < -0.39 is 0 Å². The molecule has 1 aromatic carbocycles. The summed E-state index contributed by atoms with van der Waals surface area (Å²) in [7, 11) is 4.05. The lowest BCUT2D eigenvalue weighted by atomic mass is 9.94. The van der Waals surface area contributed by atoms with Gasteiger partial charge in [-0.15, -0.1) is 24.0 Å². The molecule has 1 aliphatic rings. The average molecular weight is 488 g/mol. The molecule has 2 rings (SSSR count). The molecule has 27 heavy (non-hydrogen) atoms. The monoisotopic (exact) mass is 488 g/mol. The highest BCUT2D eigenvalue weighted by molar-refractivity contribution is 14.0. The average Bonchev–Trinajstić information content (AvgIpc) is 2.67. The third kappa shape index (κ3) is 10.3. The van der Waals surface area contributed by atoms with Gasteiger partial charge in [0.1, 0.15) is 0 Å². The predicted molar refractivity (Wildman–Crippen MR) is 125 cm³/mol. The summed E-state index contributed by atoms with van der Waals surface area (Å²) in [5.74, 6) is 2.18. The number of hydrogen-bond acceptors (Lipinski definition) is 3. The van der Waals surface area contributed by atoms with Crippen molar-refractivity contribution in [3.05, 3.63) is 35.9 Å². The Hall–Kier alpha value is -0.860. The summed E-state index contributed by atoms with van der Waals surface area (Å²) in [5, 5.41) is 6.86. The van der Waals surface area contributed by atoms with E-state index in [2.05, 4.69) is 46.6 Å². The van der Waals surface area contributed by atoms with Crippen molar-refractivity contribution in [2.45, 2.75) is 32.8 Å². The molecule has 6 heteroatoms. The van der Waals surface area contributed by atoms with E-state index in [9.17, 15) is 0 Å². The number of likely N-dealkylation sites (tertiary alicyclic amines) is 1. The Bertz CT molecular complexity index is 518. The van der Waals surface area contributed by atoms with Gasteiger partial charge in [0.2, 0.25) is 0 Å². The fraction of sp³-hybridized carbons (Fsp3) is 0.667. The predicted octanol–water partition coefficient (Wildman–Crippen LogP) is 3.35. The zero-order valence-corrected chi connectivity index (χ0v) is 19.4. The lowest BCUT2D eigenvalue weighted by Crippen LogP contribution is -2.41. The number of ether oxygens (including phenoxy) is 1. The summed E-state index contributed by atoms with van der Waals surface area (Å²) in [6, 6.07) is 10.3. The molecule has 0 spiro atoms. The van der Waals surface area contributed by atoms with E-state index in [0.717, 1.165) is 31.6 Å². The topological polar surface area (TPSA) is 48.9 Å². The lowest BCUT2D eigenvalue weighted by molar-refractivity contribution is 0.0931. The van der Waals surface area contributed by atoms with Crippen LogP contribution in [0, 0.1) is 11.8 Å². The number of rotatable bonds is 9. The first-order valence-corrected chi connectivity index (χ1v) is 9.92. The van der Waals surface area contributed by atoms with Crippen molar-refractivity contribution in [2.75, 3.05) is 46.9 Å². The number of piperidine rings is 1. The van der Waals surface area contributed by atoms with E-state index >= 15 is 0 Å². The van der Waals surface area contributed by atoms with Gasteiger partial charge in [-0.3, -0.25) is 4.99 Å². The first-order chi connectivity index (χ1) is 12.7. The molecule has 1 atom stereocenters.